The summed E-state index contributed by atoms with van der Waals surface area (Å²) in [5.74, 6) is 0.569. The van der Waals surface area contributed by atoms with Crippen LogP contribution in [-0.2, 0) is 17.8 Å². The van der Waals surface area contributed by atoms with Crippen molar-refractivity contribution >= 4 is 23.7 Å². The molecular weight excluding hydrogens is 372 g/mol. The summed E-state index contributed by atoms with van der Waals surface area (Å²) >= 11 is 5.90. The Labute approximate surface area is 169 Å². The molecule has 3 rings (SSSR count). The fourth-order valence-electron chi connectivity index (χ4n) is 2.59. The van der Waals surface area contributed by atoms with Crippen LogP contribution in [0.4, 0.5) is 0 Å². The number of aryl methyl sites for hydroxylation is 1. The van der Waals surface area contributed by atoms with Crippen LogP contribution in [-0.4, -0.2) is 12.1 Å². The lowest BCUT2D eigenvalue weighted by molar-refractivity contribution is -0.121. The Balaban J connectivity index is 1.52. The molecule has 0 aliphatic rings. The molecule has 0 unspecified atom stereocenters. The Kier molecular flexibility index (Phi) is 7.21. The smallest absolute Gasteiger partial charge is 0.240 e. The largest absolute Gasteiger partial charge is 0.488 e. The summed E-state index contributed by atoms with van der Waals surface area (Å²) in [6, 6.07) is 25.0. The van der Waals surface area contributed by atoms with E-state index in [1.807, 2.05) is 78.9 Å². The molecular formula is C23H21ClN2O2. The number of hydrogen-bond donors (Lipinski definition) is 1. The highest BCUT2D eigenvalue weighted by Gasteiger charge is 2.03. The summed E-state index contributed by atoms with van der Waals surface area (Å²) in [6.07, 6.45) is 2.66. The van der Waals surface area contributed by atoms with E-state index >= 15 is 0 Å². The molecule has 0 heterocycles. The molecule has 0 saturated carbocycles. The Morgan fingerprint density at radius 3 is 2.43 bits per heavy atom. The lowest BCUT2D eigenvalue weighted by atomic mass is 10.1. The first kappa shape index (κ1) is 19.6. The van der Waals surface area contributed by atoms with Crippen LogP contribution in [0.5, 0.6) is 5.75 Å². The number of nitrogens with zero attached hydrogens (tertiary/aromatic N) is 1. The van der Waals surface area contributed by atoms with Gasteiger partial charge >= 0.3 is 0 Å². The van der Waals surface area contributed by atoms with E-state index in [-0.39, 0.29) is 5.91 Å². The van der Waals surface area contributed by atoms with Crippen LogP contribution in [0.1, 0.15) is 23.1 Å². The number of benzene rings is 3. The third-order valence-corrected chi connectivity index (χ3v) is 4.36. The van der Waals surface area contributed by atoms with Crippen molar-refractivity contribution in [3.63, 3.8) is 0 Å². The van der Waals surface area contributed by atoms with Crippen LogP contribution in [0.15, 0.2) is 84.0 Å². The zero-order chi connectivity index (χ0) is 19.6. The van der Waals surface area contributed by atoms with Crippen molar-refractivity contribution < 1.29 is 9.53 Å². The molecule has 0 bridgehead atoms. The molecule has 4 nitrogen and oxygen atoms in total. The van der Waals surface area contributed by atoms with E-state index in [1.54, 1.807) is 6.21 Å². The van der Waals surface area contributed by atoms with Gasteiger partial charge in [0.1, 0.15) is 12.4 Å². The van der Waals surface area contributed by atoms with Gasteiger partial charge in [0.2, 0.25) is 5.91 Å². The van der Waals surface area contributed by atoms with E-state index in [0.717, 1.165) is 16.7 Å². The van der Waals surface area contributed by atoms with E-state index in [2.05, 4.69) is 10.5 Å². The molecule has 5 heteroatoms. The van der Waals surface area contributed by atoms with Crippen molar-refractivity contribution in [1.82, 2.24) is 5.43 Å². The highest BCUT2D eigenvalue weighted by atomic mass is 35.5. The van der Waals surface area contributed by atoms with E-state index in [1.165, 1.54) is 0 Å². The number of rotatable bonds is 8. The molecule has 0 saturated heterocycles. The minimum atomic E-state index is -0.125. The van der Waals surface area contributed by atoms with Gasteiger partial charge in [-0.2, -0.15) is 5.10 Å². The van der Waals surface area contributed by atoms with E-state index in [9.17, 15) is 4.79 Å². The summed E-state index contributed by atoms with van der Waals surface area (Å²) in [6.45, 7) is 0.422. The van der Waals surface area contributed by atoms with Gasteiger partial charge in [0.15, 0.2) is 0 Å². The molecule has 142 valence electrons. The molecule has 0 atom stereocenters. The van der Waals surface area contributed by atoms with Gasteiger partial charge in [-0.1, -0.05) is 66.2 Å². The molecule has 28 heavy (non-hydrogen) atoms. The fourth-order valence-corrected chi connectivity index (χ4v) is 2.72. The molecule has 1 N–H and O–H groups in total. The Morgan fingerprint density at radius 2 is 1.64 bits per heavy atom. The third-order valence-electron chi connectivity index (χ3n) is 4.10. The predicted octanol–water partition coefficient (Wildman–Crippen LogP) is 5.00. The van der Waals surface area contributed by atoms with Gasteiger partial charge in [0, 0.05) is 17.0 Å². The molecule has 0 radical (unpaired) electrons. The molecule has 0 aromatic heterocycles. The average molecular weight is 393 g/mol. The lowest BCUT2D eigenvalue weighted by Gasteiger charge is -2.09. The van der Waals surface area contributed by atoms with Gasteiger partial charge in [-0.15, -0.1) is 0 Å². The molecule has 0 spiro atoms. The predicted molar refractivity (Wildman–Crippen MR) is 113 cm³/mol. The van der Waals surface area contributed by atoms with Crippen molar-refractivity contribution in [3.8, 4) is 5.75 Å². The van der Waals surface area contributed by atoms with Gasteiger partial charge < -0.3 is 4.74 Å². The number of carbonyl (C=O) groups is 1. The van der Waals surface area contributed by atoms with Crippen LogP contribution in [0.2, 0.25) is 5.02 Å². The third kappa shape index (κ3) is 6.25. The molecule has 0 aliphatic carbocycles. The van der Waals surface area contributed by atoms with Gasteiger partial charge in [-0.3, -0.25) is 4.79 Å². The Hall–Kier alpha value is -3.11. The number of hydrazone groups is 1. The van der Waals surface area contributed by atoms with E-state index in [0.29, 0.717) is 30.2 Å². The van der Waals surface area contributed by atoms with Crippen LogP contribution in [0.25, 0.3) is 0 Å². The molecule has 1 amide bonds. The second-order valence-corrected chi connectivity index (χ2v) is 6.67. The number of nitrogens with one attached hydrogen (secondary N) is 1. The van der Waals surface area contributed by atoms with Crippen LogP contribution in [0, 0.1) is 0 Å². The zero-order valence-corrected chi connectivity index (χ0v) is 16.1. The fraction of sp³-hybridized carbons (Fsp3) is 0.130. The first-order chi connectivity index (χ1) is 13.7. The van der Waals surface area contributed by atoms with Crippen molar-refractivity contribution in [1.29, 1.82) is 0 Å². The number of hydrogen-bond acceptors (Lipinski definition) is 3. The summed E-state index contributed by atoms with van der Waals surface area (Å²) < 4.78 is 5.88. The first-order valence-corrected chi connectivity index (χ1v) is 9.40. The number of para-hydroxylation sites is 1. The lowest BCUT2D eigenvalue weighted by Crippen LogP contribution is -2.17. The highest BCUT2D eigenvalue weighted by Crippen LogP contribution is 2.18. The molecule has 0 fully saturated rings. The Morgan fingerprint density at radius 1 is 0.929 bits per heavy atom. The van der Waals surface area contributed by atoms with Crippen LogP contribution in [0.3, 0.4) is 0 Å². The molecule has 3 aromatic rings. The standard InChI is InChI=1S/C23H21ClN2O2/c24-21-13-10-19(11-14-21)17-28-22-9-5-4-8-20(22)16-25-26-23(27)15-12-18-6-2-1-3-7-18/h1-11,13-14,16H,12,15,17H2,(H,26,27)/b25-16-. The maximum Gasteiger partial charge on any atom is 0.240 e. The Bertz CT molecular complexity index is 925. The van der Waals surface area contributed by atoms with Crippen molar-refractivity contribution in [2.45, 2.75) is 19.4 Å². The number of carbonyl (C=O) groups excluding carboxylic acids is 1. The summed E-state index contributed by atoms with van der Waals surface area (Å²) in [7, 11) is 0. The number of amides is 1. The highest BCUT2D eigenvalue weighted by molar-refractivity contribution is 6.30. The first-order valence-electron chi connectivity index (χ1n) is 9.03. The number of ether oxygens (including phenoxy) is 1. The van der Waals surface area contributed by atoms with Crippen molar-refractivity contribution in [3.05, 3.63) is 101 Å². The molecule has 0 aliphatic heterocycles. The second-order valence-electron chi connectivity index (χ2n) is 6.23. The average Bonchev–Trinajstić information content (AvgIpc) is 2.73. The summed E-state index contributed by atoms with van der Waals surface area (Å²) in [5.41, 5.74) is 5.51. The van der Waals surface area contributed by atoms with Gasteiger partial charge in [-0.25, -0.2) is 5.43 Å². The van der Waals surface area contributed by atoms with E-state index in [4.69, 9.17) is 16.3 Å². The maximum absolute atomic E-state index is 12.0. The summed E-state index contributed by atoms with van der Waals surface area (Å²) in [4.78, 5) is 12.0. The van der Waals surface area contributed by atoms with E-state index < -0.39 is 0 Å². The monoisotopic (exact) mass is 392 g/mol. The zero-order valence-electron chi connectivity index (χ0n) is 15.3. The second kappa shape index (κ2) is 10.3. The van der Waals surface area contributed by atoms with Crippen molar-refractivity contribution in [2.75, 3.05) is 0 Å². The minimum Gasteiger partial charge on any atom is -0.488 e. The van der Waals surface area contributed by atoms with Gasteiger partial charge in [0.25, 0.3) is 0 Å². The summed E-state index contributed by atoms with van der Waals surface area (Å²) in [5, 5.41) is 4.75. The van der Waals surface area contributed by atoms with Crippen molar-refractivity contribution in [2.24, 2.45) is 5.10 Å². The normalized spacial score (nSPS) is 10.8. The SMILES string of the molecule is O=C(CCc1ccccc1)N/N=C\c1ccccc1OCc1ccc(Cl)cc1. The van der Waals surface area contributed by atoms with Crippen LogP contribution >= 0.6 is 11.6 Å². The van der Waals surface area contributed by atoms with Gasteiger partial charge in [-0.05, 0) is 41.8 Å². The maximum atomic E-state index is 12.0. The topological polar surface area (TPSA) is 50.7 Å². The van der Waals surface area contributed by atoms with Gasteiger partial charge in [0.05, 0.1) is 6.21 Å². The van der Waals surface area contributed by atoms with Crippen LogP contribution < -0.4 is 10.2 Å². The quantitative estimate of drug-likeness (QED) is 0.433. The minimum absolute atomic E-state index is 0.125. The number of halogens is 1. The molecule has 3 aromatic carbocycles.